The third kappa shape index (κ3) is 3.94. The van der Waals surface area contributed by atoms with Crippen LogP contribution in [0.3, 0.4) is 0 Å². The molecule has 0 radical (unpaired) electrons. The maximum absolute atomic E-state index is 6.11. The second kappa shape index (κ2) is 7.34. The van der Waals surface area contributed by atoms with Gasteiger partial charge in [-0.25, -0.2) is 0 Å². The Kier molecular flexibility index (Phi) is 6.45. The number of ether oxygens (including phenoxy) is 1. The van der Waals surface area contributed by atoms with Gasteiger partial charge in [-0.05, 0) is 25.7 Å². The Morgan fingerprint density at radius 3 is 2.47 bits per heavy atom. The topological polar surface area (TPSA) is 38.5 Å². The lowest BCUT2D eigenvalue weighted by Gasteiger charge is -2.43. The second-order valence-corrected chi connectivity index (χ2v) is 5.30. The van der Waals surface area contributed by atoms with Crippen LogP contribution >= 0.6 is 0 Å². The predicted molar refractivity (Wildman–Crippen MR) is 73.2 cm³/mol. The van der Waals surface area contributed by atoms with Crippen molar-refractivity contribution in [1.82, 2.24) is 4.90 Å². The van der Waals surface area contributed by atoms with Gasteiger partial charge in [-0.2, -0.15) is 0 Å². The maximum Gasteiger partial charge on any atom is 0.0590 e. The first-order chi connectivity index (χ1) is 8.24. The van der Waals surface area contributed by atoms with E-state index in [0.717, 1.165) is 32.2 Å². The van der Waals surface area contributed by atoms with Gasteiger partial charge in [0.15, 0.2) is 0 Å². The van der Waals surface area contributed by atoms with E-state index in [2.05, 4.69) is 18.7 Å². The quantitative estimate of drug-likeness (QED) is 0.639. The number of rotatable bonds is 10. The fourth-order valence-electron chi connectivity index (χ4n) is 2.78. The molecule has 1 atom stereocenters. The lowest BCUT2D eigenvalue weighted by Crippen LogP contribution is -2.55. The van der Waals surface area contributed by atoms with Crippen molar-refractivity contribution < 1.29 is 4.74 Å². The molecule has 0 amide bonds. The molecule has 1 unspecified atom stereocenters. The van der Waals surface area contributed by atoms with E-state index in [4.69, 9.17) is 10.5 Å². The summed E-state index contributed by atoms with van der Waals surface area (Å²) in [5.74, 6) is 0. The first-order valence-corrected chi connectivity index (χ1v) is 7.19. The standard InChI is InChI=1S/C14H30N2O/c1-4-6-9-14(5-2,12-15)16(10-11-17-3)13-7-8-13/h13H,4-12,15H2,1-3H3. The van der Waals surface area contributed by atoms with E-state index in [1.54, 1.807) is 7.11 Å². The summed E-state index contributed by atoms with van der Waals surface area (Å²) in [7, 11) is 1.78. The normalized spacial score (nSPS) is 19.6. The Morgan fingerprint density at radius 1 is 1.35 bits per heavy atom. The Labute approximate surface area is 107 Å². The molecule has 0 aromatic carbocycles. The average Bonchev–Trinajstić information content (AvgIpc) is 3.18. The summed E-state index contributed by atoms with van der Waals surface area (Å²) in [6.45, 7) is 7.18. The van der Waals surface area contributed by atoms with Crippen molar-refractivity contribution in [1.29, 1.82) is 0 Å². The van der Waals surface area contributed by atoms with Gasteiger partial charge >= 0.3 is 0 Å². The highest BCUT2D eigenvalue weighted by atomic mass is 16.5. The fraction of sp³-hybridized carbons (Fsp3) is 1.00. The van der Waals surface area contributed by atoms with Gasteiger partial charge in [0.1, 0.15) is 0 Å². The molecule has 0 heterocycles. The number of hydrogen-bond donors (Lipinski definition) is 1. The number of nitrogens with two attached hydrogens (primary N) is 1. The van der Waals surface area contributed by atoms with E-state index in [0.29, 0.717) is 0 Å². The molecule has 0 bridgehead atoms. The van der Waals surface area contributed by atoms with Crippen LogP contribution in [0.2, 0.25) is 0 Å². The molecule has 0 aliphatic heterocycles. The highest BCUT2D eigenvalue weighted by molar-refractivity contribution is 4.98. The van der Waals surface area contributed by atoms with E-state index in [1.165, 1.54) is 32.1 Å². The van der Waals surface area contributed by atoms with Gasteiger partial charge in [0.05, 0.1) is 6.61 Å². The maximum atomic E-state index is 6.11. The summed E-state index contributed by atoms with van der Waals surface area (Å²) in [5, 5.41) is 0. The second-order valence-electron chi connectivity index (χ2n) is 5.30. The molecule has 1 aliphatic rings. The van der Waals surface area contributed by atoms with Gasteiger partial charge in [-0.3, -0.25) is 4.90 Å². The molecule has 3 nitrogen and oxygen atoms in total. The minimum absolute atomic E-state index is 0.218. The van der Waals surface area contributed by atoms with E-state index in [9.17, 15) is 0 Å². The Balaban J connectivity index is 2.67. The van der Waals surface area contributed by atoms with Crippen molar-refractivity contribution in [3.63, 3.8) is 0 Å². The number of nitrogens with zero attached hydrogens (tertiary/aromatic N) is 1. The van der Waals surface area contributed by atoms with E-state index in [1.807, 2.05) is 0 Å². The van der Waals surface area contributed by atoms with Crippen molar-refractivity contribution in [2.75, 3.05) is 26.8 Å². The minimum Gasteiger partial charge on any atom is -0.383 e. The van der Waals surface area contributed by atoms with E-state index >= 15 is 0 Å². The molecule has 1 fully saturated rings. The Morgan fingerprint density at radius 2 is 2.06 bits per heavy atom. The molecule has 1 saturated carbocycles. The molecule has 102 valence electrons. The van der Waals surface area contributed by atoms with Gasteiger partial charge < -0.3 is 10.5 Å². The fourth-order valence-corrected chi connectivity index (χ4v) is 2.78. The largest absolute Gasteiger partial charge is 0.383 e. The van der Waals surface area contributed by atoms with Gasteiger partial charge in [-0.15, -0.1) is 0 Å². The van der Waals surface area contributed by atoms with Gasteiger partial charge in [0.2, 0.25) is 0 Å². The molecule has 17 heavy (non-hydrogen) atoms. The predicted octanol–water partition coefficient (Wildman–Crippen LogP) is 2.39. The Hall–Kier alpha value is -0.120. The summed E-state index contributed by atoms with van der Waals surface area (Å²) in [4.78, 5) is 2.64. The van der Waals surface area contributed by atoms with Crippen LogP contribution < -0.4 is 5.73 Å². The van der Waals surface area contributed by atoms with Crippen LogP contribution in [0.4, 0.5) is 0 Å². The molecular formula is C14H30N2O. The molecule has 1 aliphatic carbocycles. The van der Waals surface area contributed by atoms with Crippen LogP contribution in [0.25, 0.3) is 0 Å². The van der Waals surface area contributed by atoms with Crippen LogP contribution in [0.15, 0.2) is 0 Å². The Bertz CT molecular complexity index is 200. The first kappa shape index (κ1) is 14.9. The van der Waals surface area contributed by atoms with Crippen molar-refractivity contribution in [3.8, 4) is 0 Å². The van der Waals surface area contributed by atoms with E-state index < -0.39 is 0 Å². The van der Waals surface area contributed by atoms with Crippen LogP contribution in [-0.4, -0.2) is 43.3 Å². The lowest BCUT2D eigenvalue weighted by atomic mass is 9.87. The average molecular weight is 242 g/mol. The summed E-state index contributed by atoms with van der Waals surface area (Å²) in [6.07, 6.45) is 7.61. The van der Waals surface area contributed by atoms with Crippen molar-refractivity contribution in [3.05, 3.63) is 0 Å². The zero-order valence-electron chi connectivity index (χ0n) is 11.9. The molecule has 0 saturated heterocycles. The van der Waals surface area contributed by atoms with Crippen molar-refractivity contribution >= 4 is 0 Å². The molecule has 2 N–H and O–H groups in total. The van der Waals surface area contributed by atoms with Crippen LogP contribution in [0.1, 0.15) is 52.4 Å². The highest BCUT2D eigenvalue weighted by Crippen LogP contribution is 2.36. The smallest absolute Gasteiger partial charge is 0.0590 e. The third-order valence-electron chi connectivity index (χ3n) is 4.17. The molecule has 0 spiro atoms. The first-order valence-electron chi connectivity index (χ1n) is 7.19. The molecule has 3 heteroatoms. The third-order valence-corrected chi connectivity index (χ3v) is 4.17. The zero-order chi connectivity index (χ0) is 12.7. The molecule has 0 aromatic heterocycles. The number of hydrogen-bond acceptors (Lipinski definition) is 3. The van der Waals surface area contributed by atoms with Gasteiger partial charge in [0.25, 0.3) is 0 Å². The monoisotopic (exact) mass is 242 g/mol. The molecule has 0 aromatic rings. The van der Waals surface area contributed by atoms with Gasteiger partial charge in [0, 0.05) is 31.8 Å². The van der Waals surface area contributed by atoms with Crippen LogP contribution in [0.5, 0.6) is 0 Å². The highest BCUT2D eigenvalue weighted by Gasteiger charge is 2.41. The van der Waals surface area contributed by atoms with Crippen LogP contribution in [-0.2, 0) is 4.74 Å². The van der Waals surface area contributed by atoms with Gasteiger partial charge in [-0.1, -0.05) is 26.7 Å². The lowest BCUT2D eigenvalue weighted by molar-refractivity contribution is 0.0417. The van der Waals surface area contributed by atoms with E-state index in [-0.39, 0.29) is 5.54 Å². The summed E-state index contributed by atoms with van der Waals surface area (Å²) in [5.41, 5.74) is 6.33. The van der Waals surface area contributed by atoms with Crippen molar-refractivity contribution in [2.45, 2.75) is 64.0 Å². The minimum atomic E-state index is 0.218. The number of methoxy groups -OCH3 is 1. The number of unbranched alkanes of at least 4 members (excludes halogenated alkanes) is 1. The van der Waals surface area contributed by atoms with Crippen molar-refractivity contribution in [2.24, 2.45) is 5.73 Å². The molecule has 1 rings (SSSR count). The molecular weight excluding hydrogens is 212 g/mol. The summed E-state index contributed by atoms with van der Waals surface area (Å²) < 4.78 is 5.26. The summed E-state index contributed by atoms with van der Waals surface area (Å²) >= 11 is 0. The van der Waals surface area contributed by atoms with Crippen LogP contribution in [0, 0.1) is 0 Å². The SMILES string of the molecule is CCCCC(CC)(CN)N(CCOC)C1CC1. The summed E-state index contributed by atoms with van der Waals surface area (Å²) in [6, 6.07) is 0.769. The zero-order valence-corrected chi connectivity index (χ0v) is 11.9.